The van der Waals surface area contributed by atoms with Crippen molar-refractivity contribution in [2.24, 2.45) is 5.73 Å². The van der Waals surface area contributed by atoms with Crippen molar-refractivity contribution in [2.45, 2.75) is 25.2 Å². The van der Waals surface area contributed by atoms with Crippen molar-refractivity contribution in [3.05, 3.63) is 40.4 Å². The molecule has 23 heavy (non-hydrogen) atoms. The fraction of sp³-hybridized carbons (Fsp3) is 0.400. The molecule has 2 aromatic rings. The number of rotatable bonds is 7. The number of nitrogens with two attached hydrogens (primary N) is 1. The van der Waals surface area contributed by atoms with Gasteiger partial charge < -0.3 is 16.0 Å². The number of hydrogen-bond donors (Lipinski definition) is 3. The highest BCUT2D eigenvalue weighted by molar-refractivity contribution is 5.77. The van der Waals surface area contributed by atoms with Gasteiger partial charge in [0.15, 0.2) is 0 Å². The summed E-state index contributed by atoms with van der Waals surface area (Å²) in [7, 11) is 0. The SMILES string of the molecule is NCC(F)(F)CNC(=O)CCCc1nc2ccccc2c(=O)[nH]1. The zero-order valence-corrected chi connectivity index (χ0v) is 12.4. The quantitative estimate of drug-likeness (QED) is 0.706. The van der Waals surface area contributed by atoms with E-state index >= 15 is 0 Å². The van der Waals surface area contributed by atoms with Gasteiger partial charge in [-0.3, -0.25) is 9.59 Å². The average molecular weight is 324 g/mol. The molecule has 8 heteroatoms. The van der Waals surface area contributed by atoms with Gasteiger partial charge in [0.1, 0.15) is 5.82 Å². The van der Waals surface area contributed by atoms with Crippen molar-refractivity contribution in [1.29, 1.82) is 0 Å². The second-order valence-electron chi connectivity index (χ2n) is 5.22. The Bertz CT molecular complexity index is 746. The topological polar surface area (TPSA) is 101 Å². The molecule has 0 aliphatic rings. The van der Waals surface area contributed by atoms with Crippen LogP contribution in [0.3, 0.4) is 0 Å². The van der Waals surface area contributed by atoms with Crippen molar-refractivity contribution >= 4 is 16.8 Å². The number of nitrogens with one attached hydrogen (secondary N) is 2. The van der Waals surface area contributed by atoms with Crippen molar-refractivity contribution in [3.8, 4) is 0 Å². The number of aryl methyl sites for hydroxylation is 1. The molecule has 0 fully saturated rings. The number of benzene rings is 1. The van der Waals surface area contributed by atoms with Crippen LogP contribution < -0.4 is 16.6 Å². The van der Waals surface area contributed by atoms with E-state index in [-0.39, 0.29) is 12.0 Å². The van der Waals surface area contributed by atoms with Crippen LogP contribution in [0.4, 0.5) is 8.78 Å². The minimum Gasteiger partial charge on any atom is -0.350 e. The third-order valence-electron chi connectivity index (χ3n) is 3.32. The molecular formula is C15H18F2N4O2. The van der Waals surface area contributed by atoms with E-state index in [2.05, 4.69) is 15.3 Å². The Morgan fingerprint density at radius 2 is 2.09 bits per heavy atom. The van der Waals surface area contributed by atoms with Gasteiger partial charge in [0.25, 0.3) is 11.5 Å². The van der Waals surface area contributed by atoms with Crippen LogP contribution in [0.25, 0.3) is 10.9 Å². The van der Waals surface area contributed by atoms with Crippen LogP contribution in [-0.4, -0.2) is 34.9 Å². The van der Waals surface area contributed by atoms with Gasteiger partial charge in [0.05, 0.1) is 24.0 Å². The molecule has 0 saturated heterocycles. The highest BCUT2D eigenvalue weighted by atomic mass is 19.3. The molecule has 6 nitrogen and oxygen atoms in total. The molecule has 1 aromatic heterocycles. The van der Waals surface area contributed by atoms with E-state index in [0.29, 0.717) is 29.6 Å². The standard InChI is InChI=1S/C15H18F2N4O2/c16-15(17,8-18)9-19-13(22)7-3-6-12-20-11-5-2-1-4-10(11)14(23)21-12/h1-2,4-5H,3,6-9,18H2,(H,19,22)(H,20,21,23). The molecule has 0 saturated carbocycles. The largest absolute Gasteiger partial charge is 0.350 e. The molecule has 2 rings (SSSR count). The summed E-state index contributed by atoms with van der Waals surface area (Å²) in [6.45, 7) is -1.58. The number of nitrogens with zero attached hydrogens (tertiary/aromatic N) is 1. The summed E-state index contributed by atoms with van der Waals surface area (Å²) >= 11 is 0. The molecule has 1 amide bonds. The van der Waals surface area contributed by atoms with Gasteiger partial charge in [-0.05, 0) is 18.6 Å². The molecule has 0 radical (unpaired) electrons. The lowest BCUT2D eigenvalue weighted by atomic mass is 10.2. The lowest BCUT2D eigenvalue weighted by Gasteiger charge is -2.14. The Kier molecular flexibility index (Phi) is 5.38. The predicted molar refractivity (Wildman–Crippen MR) is 82.3 cm³/mol. The second kappa shape index (κ2) is 7.28. The summed E-state index contributed by atoms with van der Waals surface area (Å²) in [5.41, 5.74) is 5.23. The summed E-state index contributed by atoms with van der Waals surface area (Å²) in [6.07, 6.45) is 0.833. The second-order valence-corrected chi connectivity index (χ2v) is 5.22. The first-order valence-electron chi connectivity index (χ1n) is 7.24. The fourth-order valence-corrected chi connectivity index (χ4v) is 2.06. The molecule has 0 spiro atoms. The van der Waals surface area contributed by atoms with E-state index in [1.54, 1.807) is 24.3 Å². The maximum absolute atomic E-state index is 12.9. The number of H-pyrrole nitrogens is 1. The minimum absolute atomic E-state index is 0.0667. The average Bonchev–Trinajstić information content (AvgIpc) is 2.53. The molecule has 124 valence electrons. The van der Waals surface area contributed by atoms with Gasteiger partial charge in [-0.25, -0.2) is 13.8 Å². The normalized spacial score (nSPS) is 11.6. The number of fused-ring (bicyclic) bond motifs is 1. The number of halogens is 2. The van der Waals surface area contributed by atoms with Gasteiger partial charge in [0.2, 0.25) is 5.91 Å². The zero-order chi connectivity index (χ0) is 16.9. The highest BCUT2D eigenvalue weighted by Gasteiger charge is 2.26. The number of hydrogen-bond acceptors (Lipinski definition) is 4. The molecule has 1 heterocycles. The van der Waals surface area contributed by atoms with Crippen LogP contribution in [0.1, 0.15) is 18.7 Å². The van der Waals surface area contributed by atoms with Gasteiger partial charge in [-0.1, -0.05) is 12.1 Å². The Morgan fingerprint density at radius 3 is 2.83 bits per heavy atom. The van der Waals surface area contributed by atoms with Crippen LogP contribution in [0.5, 0.6) is 0 Å². The number of carbonyl (C=O) groups is 1. The predicted octanol–water partition coefficient (Wildman–Crippen LogP) is 0.956. The molecule has 4 N–H and O–H groups in total. The first kappa shape index (κ1) is 17.0. The van der Waals surface area contributed by atoms with E-state index in [9.17, 15) is 18.4 Å². The minimum atomic E-state index is -3.10. The van der Waals surface area contributed by atoms with Crippen LogP contribution in [0.15, 0.2) is 29.1 Å². The van der Waals surface area contributed by atoms with E-state index < -0.39 is 24.9 Å². The molecule has 0 atom stereocenters. The summed E-state index contributed by atoms with van der Waals surface area (Å²) < 4.78 is 25.8. The van der Waals surface area contributed by atoms with Crippen LogP contribution in [0.2, 0.25) is 0 Å². The van der Waals surface area contributed by atoms with Gasteiger partial charge in [0, 0.05) is 12.8 Å². The van der Waals surface area contributed by atoms with Crippen molar-refractivity contribution in [2.75, 3.05) is 13.1 Å². The Labute approximate surface area is 131 Å². The maximum atomic E-state index is 12.9. The smallest absolute Gasteiger partial charge is 0.277 e. The monoisotopic (exact) mass is 324 g/mol. The lowest BCUT2D eigenvalue weighted by molar-refractivity contribution is -0.122. The van der Waals surface area contributed by atoms with Crippen molar-refractivity contribution < 1.29 is 13.6 Å². The van der Waals surface area contributed by atoms with Crippen molar-refractivity contribution in [3.63, 3.8) is 0 Å². The fourth-order valence-electron chi connectivity index (χ4n) is 2.06. The first-order valence-corrected chi connectivity index (χ1v) is 7.24. The van der Waals surface area contributed by atoms with Gasteiger partial charge in [-0.15, -0.1) is 0 Å². The third-order valence-corrected chi connectivity index (χ3v) is 3.32. The van der Waals surface area contributed by atoms with E-state index in [4.69, 9.17) is 5.73 Å². The van der Waals surface area contributed by atoms with Crippen LogP contribution >= 0.6 is 0 Å². The number of carbonyl (C=O) groups excluding carboxylic acids is 1. The molecule has 0 bridgehead atoms. The maximum Gasteiger partial charge on any atom is 0.277 e. The van der Waals surface area contributed by atoms with Crippen LogP contribution in [-0.2, 0) is 11.2 Å². The summed E-state index contributed by atoms with van der Waals surface area (Å²) in [4.78, 5) is 30.3. The summed E-state index contributed by atoms with van der Waals surface area (Å²) in [5.74, 6) is -3.11. The Morgan fingerprint density at radius 1 is 1.35 bits per heavy atom. The number of para-hydroxylation sites is 1. The summed E-state index contributed by atoms with van der Waals surface area (Å²) in [5, 5.41) is 2.64. The van der Waals surface area contributed by atoms with Crippen LogP contribution in [0, 0.1) is 0 Å². The van der Waals surface area contributed by atoms with E-state index in [0.717, 1.165) is 0 Å². The highest BCUT2D eigenvalue weighted by Crippen LogP contribution is 2.09. The number of aromatic amines is 1. The molecule has 0 unspecified atom stereocenters. The molecule has 0 aliphatic heterocycles. The number of aromatic nitrogens is 2. The molecule has 0 aliphatic carbocycles. The van der Waals surface area contributed by atoms with E-state index in [1.807, 2.05) is 0 Å². The number of amides is 1. The lowest BCUT2D eigenvalue weighted by Crippen LogP contribution is -2.41. The van der Waals surface area contributed by atoms with E-state index in [1.165, 1.54) is 0 Å². The van der Waals surface area contributed by atoms with Crippen molar-refractivity contribution in [1.82, 2.24) is 15.3 Å². The Hall–Kier alpha value is -2.35. The summed E-state index contributed by atoms with van der Waals surface area (Å²) in [6, 6.07) is 6.94. The zero-order valence-electron chi connectivity index (χ0n) is 12.4. The molecule has 1 aromatic carbocycles. The Balaban J connectivity index is 1.87. The third kappa shape index (κ3) is 4.82. The number of alkyl halides is 2. The first-order chi connectivity index (χ1) is 10.9. The van der Waals surface area contributed by atoms with Gasteiger partial charge >= 0.3 is 0 Å². The van der Waals surface area contributed by atoms with Gasteiger partial charge in [-0.2, -0.15) is 0 Å². The molecular weight excluding hydrogens is 306 g/mol.